The Labute approximate surface area is 191 Å². The van der Waals surface area contributed by atoms with Gasteiger partial charge < -0.3 is 10.2 Å². The van der Waals surface area contributed by atoms with Crippen LogP contribution in [0.4, 0.5) is 0 Å². The maximum absolute atomic E-state index is 13.2. The predicted octanol–water partition coefficient (Wildman–Crippen LogP) is 3.79. The quantitative estimate of drug-likeness (QED) is 0.487. The van der Waals surface area contributed by atoms with Gasteiger partial charge in [-0.05, 0) is 61.1 Å². The summed E-state index contributed by atoms with van der Waals surface area (Å²) in [6, 6.07) is 16.0. The molecule has 0 radical (unpaired) electrons. The molecule has 2 amide bonds. The number of amides is 2. The van der Waals surface area contributed by atoms with Crippen LogP contribution in [0.15, 0.2) is 60.0 Å². The van der Waals surface area contributed by atoms with Gasteiger partial charge in [0.05, 0.1) is 0 Å². The largest absolute Gasteiger partial charge is 0.349 e. The molecule has 164 valence electrons. The molecule has 0 saturated heterocycles. The number of thioether (sulfide) groups is 1. The lowest BCUT2D eigenvalue weighted by atomic mass is 10.1. The van der Waals surface area contributed by atoms with Crippen LogP contribution >= 0.6 is 11.8 Å². The molecule has 2 aromatic carbocycles. The first-order valence-corrected chi connectivity index (χ1v) is 11.9. The minimum atomic E-state index is -0.0178. The van der Waals surface area contributed by atoms with Gasteiger partial charge in [-0.15, -0.1) is 0 Å². The highest BCUT2D eigenvalue weighted by Crippen LogP contribution is 2.30. The fourth-order valence-corrected chi connectivity index (χ4v) is 4.27. The normalized spacial score (nSPS) is 15.4. The van der Waals surface area contributed by atoms with Gasteiger partial charge in [0.25, 0.3) is 11.8 Å². The molecule has 2 fully saturated rings. The van der Waals surface area contributed by atoms with Crippen LogP contribution in [0.25, 0.3) is 0 Å². The number of nitrogens with zero attached hydrogens (tertiary/aromatic N) is 3. The molecule has 2 saturated carbocycles. The summed E-state index contributed by atoms with van der Waals surface area (Å²) in [6.45, 7) is 0.553. The molecule has 0 aliphatic heterocycles. The number of hydrogen-bond donors (Lipinski definition) is 2. The Morgan fingerprint density at radius 3 is 2.28 bits per heavy atom. The van der Waals surface area contributed by atoms with Crippen LogP contribution in [0.2, 0.25) is 0 Å². The van der Waals surface area contributed by atoms with Crippen molar-refractivity contribution in [2.75, 3.05) is 0 Å². The fraction of sp³-hybridized carbons (Fsp3) is 0.333. The van der Waals surface area contributed by atoms with E-state index in [0.29, 0.717) is 29.8 Å². The molecule has 0 bridgehead atoms. The van der Waals surface area contributed by atoms with E-state index < -0.39 is 0 Å². The van der Waals surface area contributed by atoms with E-state index in [2.05, 4.69) is 20.5 Å². The highest BCUT2D eigenvalue weighted by Gasteiger charge is 2.33. The second-order valence-corrected chi connectivity index (χ2v) is 9.35. The Bertz CT molecular complexity index is 1070. The van der Waals surface area contributed by atoms with E-state index in [-0.39, 0.29) is 11.8 Å². The zero-order valence-corrected chi connectivity index (χ0v) is 18.5. The van der Waals surface area contributed by atoms with Crippen molar-refractivity contribution >= 4 is 23.6 Å². The lowest BCUT2D eigenvalue weighted by Crippen LogP contribution is -2.32. The van der Waals surface area contributed by atoms with Gasteiger partial charge in [0, 0.05) is 35.5 Å². The van der Waals surface area contributed by atoms with Crippen molar-refractivity contribution in [3.63, 3.8) is 0 Å². The molecule has 0 unspecified atom stereocenters. The third-order valence-electron chi connectivity index (χ3n) is 5.70. The number of carbonyl (C=O) groups excluding carboxylic acids is 2. The van der Waals surface area contributed by atoms with Crippen LogP contribution in [0.3, 0.4) is 0 Å². The molecule has 3 aromatic rings. The van der Waals surface area contributed by atoms with Gasteiger partial charge >= 0.3 is 0 Å². The first-order chi connectivity index (χ1) is 15.7. The molecule has 1 heterocycles. The number of aromatic nitrogens is 3. The Kier molecular flexibility index (Phi) is 5.94. The Morgan fingerprint density at radius 2 is 1.66 bits per heavy atom. The van der Waals surface area contributed by atoms with E-state index in [1.165, 1.54) is 6.33 Å². The summed E-state index contributed by atoms with van der Waals surface area (Å²) in [7, 11) is 0. The third kappa shape index (κ3) is 5.19. The van der Waals surface area contributed by atoms with E-state index in [9.17, 15) is 9.59 Å². The molecule has 8 heteroatoms. The van der Waals surface area contributed by atoms with Crippen molar-refractivity contribution in [3.05, 3.63) is 77.1 Å². The summed E-state index contributed by atoms with van der Waals surface area (Å²) >= 11 is 1.57. The first kappa shape index (κ1) is 20.8. The van der Waals surface area contributed by atoms with E-state index in [0.717, 1.165) is 47.7 Å². The van der Waals surface area contributed by atoms with Crippen LogP contribution < -0.4 is 5.32 Å². The lowest BCUT2D eigenvalue weighted by Gasteiger charge is -2.23. The van der Waals surface area contributed by atoms with Crippen molar-refractivity contribution in [2.24, 2.45) is 0 Å². The lowest BCUT2D eigenvalue weighted by molar-refractivity contribution is 0.0729. The zero-order valence-electron chi connectivity index (χ0n) is 17.7. The molecule has 2 N–H and O–H groups in total. The highest BCUT2D eigenvalue weighted by atomic mass is 32.2. The smallest absolute Gasteiger partial charge is 0.254 e. The summed E-state index contributed by atoms with van der Waals surface area (Å²) in [5.74, 6) is 0.796. The Hall–Kier alpha value is -3.13. The summed E-state index contributed by atoms with van der Waals surface area (Å²) in [5.41, 5.74) is 3.53. The molecule has 1 aromatic heterocycles. The summed E-state index contributed by atoms with van der Waals surface area (Å²) in [6.07, 6.45) is 5.72. The minimum absolute atomic E-state index is 0.0178. The topological polar surface area (TPSA) is 91.0 Å². The molecule has 2 aliphatic rings. The van der Waals surface area contributed by atoms with Crippen molar-refractivity contribution in [1.82, 2.24) is 25.4 Å². The Balaban J connectivity index is 1.21. The van der Waals surface area contributed by atoms with E-state index in [1.54, 1.807) is 11.8 Å². The number of carbonyl (C=O) groups is 2. The number of hydrogen-bond acceptors (Lipinski definition) is 5. The van der Waals surface area contributed by atoms with E-state index in [4.69, 9.17) is 0 Å². The predicted molar refractivity (Wildman–Crippen MR) is 122 cm³/mol. The summed E-state index contributed by atoms with van der Waals surface area (Å²) < 4.78 is 0. The van der Waals surface area contributed by atoms with Crippen molar-refractivity contribution in [3.8, 4) is 0 Å². The average molecular weight is 448 g/mol. The van der Waals surface area contributed by atoms with Crippen molar-refractivity contribution in [2.45, 2.75) is 55.2 Å². The molecule has 0 spiro atoms. The number of nitrogens with one attached hydrogen (secondary N) is 2. The van der Waals surface area contributed by atoms with Gasteiger partial charge in [0.15, 0.2) is 5.16 Å². The maximum atomic E-state index is 13.2. The van der Waals surface area contributed by atoms with Crippen LogP contribution in [-0.2, 0) is 12.3 Å². The Morgan fingerprint density at radius 1 is 0.969 bits per heavy atom. The van der Waals surface area contributed by atoms with E-state index in [1.807, 2.05) is 53.4 Å². The second-order valence-electron chi connectivity index (χ2n) is 8.39. The van der Waals surface area contributed by atoms with Gasteiger partial charge in [-0.3, -0.25) is 14.7 Å². The monoisotopic (exact) mass is 447 g/mol. The molecule has 0 atom stereocenters. The number of rotatable bonds is 9. The molecule has 7 nitrogen and oxygen atoms in total. The van der Waals surface area contributed by atoms with Gasteiger partial charge in [-0.25, -0.2) is 4.98 Å². The molecule has 5 rings (SSSR count). The van der Waals surface area contributed by atoms with Gasteiger partial charge in [-0.2, -0.15) is 5.10 Å². The zero-order chi connectivity index (χ0) is 21.9. The number of aromatic amines is 1. The second kappa shape index (κ2) is 9.16. The SMILES string of the molecule is O=C(NC1CC1)c1ccc(CN(C(=O)c2ccc(CSc3ncn[nH]3)cc2)C2CC2)cc1. The van der Waals surface area contributed by atoms with Gasteiger partial charge in [0.2, 0.25) is 0 Å². The molecular formula is C24H25N5O2S. The molecule has 2 aliphatic carbocycles. The average Bonchev–Trinajstić information content (AvgIpc) is 3.76. The molecule has 32 heavy (non-hydrogen) atoms. The van der Waals surface area contributed by atoms with Crippen LogP contribution in [-0.4, -0.2) is 44.0 Å². The maximum Gasteiger partial charge on any atom is 0.254 e. The van der Waals surface area contributed by atoms with Crippen LogP contribution in [0.1, 0.15) is 57.5 Å². The number of H-pyrrole nitrogens is 1. The van der Waals surface area contributed by atoms with Crippen LogP contribution in [0.5, 0.6) is 0 Å². The standard InChI is InChI=1S/C24H25N5O2S/c30-22(27-20-9-10-20)18-5-1-16(2-6-18)13-29(21-11-12-21)23(31)19-7-3-17(4-8-19)14-32-24-25-15-26-28-24/h1-8,15,20-21H,9-14H2,(H,27,30)(H,25,26,28). The van der Waals surface area contributed by atoms with Gasteiger partial charge in [-0.1, -0.05) is 36.0 Å². The third-order valence-corrected chi connectivity index (χ3v) is 6.65. The highest BCUT2D eigenvalue weighted by molar-refractivity contribution is 7.98. The van der Waals surface area contributed by atoms with E-state index >= 15 is 0 Å². The van der Waals surface area contributed by atoms with Crippen LogP contribution in [0, 0.1) is 0 Å². The fourth-order valence-electron chi connectivity index (χ4n) is 3.53. The number of benzene rings is 2. The molecular weight excluding hydrogens is 422 g/mol. The van der Waals surface area contributed by atoms with Crippen molar-refractivity contribution in [1.29, 1.82) is 0 Å². The summed E-state index contributed by atoms with van der Waals surface area (Å²) in [4.78, 5) is 31.5. The minimum Gasteiger partial charge on any atom is -0.349 e. The van der Waals surface area contributed by atoms with Crippen molar-refractivity contribution < 1.29 is 9.59 Å². The summed E-state index contributed by atoms with van der Waals surface area (Å²) in [5, 5.41) is 10.5. The van der Waals surface area contributed by atoms with Gasteiger partial charge in [0.1, 0.15) is 6.33 Å². The first-order valence-electron chi connectivity index (χ1n) is 10.9.